The van der Waals surface area contributed by atoms with Crippen LogP contribution in [-0.4, -0.2) is 0 Å². The van der Waals surface area contributed by atoms with Gasteiger partial charge in [-0.25, -0.2) is 0 Å². The third-order valence-corrected chi connectivity index (χ3v) is 4.74. The zero-order valence-electron chi connectivity index (χ0n) is 14.9. The van der Waals surface area contributed by atoms with Crippen LogP contribution in [0.15, 0.2) is 57.4 Å². The lowest BCUT2D eigenvalue weighted by atomic mass is 10.1. The summed E-state index contributed by atoms with van der Waals surface area (Å²) < 4.78 is 11.7. The van der Waals surface area contributed by atoms with Crippen LogP contribution in [0, 0.1) is 22.7 Å². The molecule has 2 aromatic heterocycles. The molecule has 0 saturated heterocycles. The Hall–Kier alpha value is -3.50. The summed E-state index contributed by atoms with van der Waals surface area (Å²) >= 11 is 0. The first-order valence-electron chi connectivity index (χ1n) is 9.10. The van der Waals surface area contributed by atoms with Crippen molar-refractivity contribution in [2.45, 2.75) is 32.1 Å². The van der Waals surface area contributed by atoms with Gasteiger partial charge in [-0.05, 0) is 61.4 Å². The molecule has 4 heteroatoms. The first-order valence-corrected chi connectivity index (χ1v) is 9.10. The monoisotopic (exact) mass is 354 g/mol. The van der Waals surface area contributed by atoms with Gasteiger partial charge in [0.2, 0.25) is 0 Å². The molecule has 0 saturated carbocycles. The summed E-state index contributed by atoms with van der Waals surface area (Å²) in [6.45, 7) is 0. The molecule has 0 aliphatic heterocycles. The molecular weight excluding hydrogens is 336 g/mol. The van der Waals surface area contributed by atoms with Crippen molar-refractivity contribution < 1.29 is 8.83 Å². The molecule has 0 unspecified atom stereocenters. The molecule has 2 heterocycles. The number of benzene rings is 2. The molecule has 132 valence electrons. The fraction of sp³-hybridized carbons (Fsp3) is 0.217. The van der Waals surface area contributed by atoms with Gasteiger partial charge in [0.05, 0.1) is 23.3 Å². The summed E-state index contributed by atoms with van der Waals surface area (Å²) in [6.07, 6.45) is 4.96. The average Bonchev–Trinajstić information content (AvgIpc) is 3.29. The summed E-state index contributed by atoms with van der Waals surface area (Å²) in [6, 6.07) is 19.4. The van der Waals surface area contributed by atoms with E-state index < -0.39 is 0 Å². The highest BCUT2D eigenvalue weighted by Gasteiger charge is 2.07. The lowest BCUT2D eigenvalue weighted by Crippen LogP contribution is -1.86. The number of fused-ring (bicyclic) bond motifs is 2. The predicted molar refractivity (Wildman–Crippen MR) is 103 cm³/mol. The van der Waals surface area contributed by atoms with Crippen LogP contribution in [0.2, 0.25) is 0 Å². The summed E-state index contributed by atoms with van der Waals surface area (Å²) in [5.74, 6) is 1.93. The number of rotatable bonds is 6. The first kappa shape index (κ1) is 16.9. The quantitative estimate of drug-likeness (QED) is 0.405. The van der Waals surface area contributed by atoms with Crippen LogP contribution in [-0.2, 0) is 12.8 Å². The van der Waals surface area contributed by atoms with Crippen LogP contribution in [0.5, 0.6) is 0 Å². The molecule has 0 spiro atoms. The minimum atomic E-state index is 0.655. The van der Waals surface area contributed by atoms with Crippen molar-refractivity contribution in [3.05, 3.63) is 71.2 Å². The second-order valence-corrected chi connectivity index (χ2v) is 6.71. The van der Waals surface area contributed by atoms with Crippen molar-refractivity contribution in [3.63, 3.8) is 0 Å². The molecule has 0 N–H and O–H groups in total. The normalized spacial score (nSPS) is 10.9. The van der Waals surface area contributed by atoms with E-state index in [0.717, 1.165) is 65.6 Å². The van der Waals surface area contributed by atoms with Crippen molar-refractivity contribution >= 4 is 21.9 Å². The molecule has 0 radical (unpaired) electrons. The third-order valence-electron chi connectivity index (χ3n) is 4.74. The summed E-state index contributed by atoms with van der Waals surface area (Å²) in [5.41, 5.74) is 2.98. The second-order valence-electron chi connectivity index (χ2n) is 6.71. The highest BCUT2D eigenvalue weighted by Crippen LogP contribution is 2.24. The van der Waals surface area contributed by atoms with E-state index in [0.29, 0.717) is 11.1 Å². The highest BCUT2D eigenvalue weighted by atomic mass is 16.3. The van der Waals surface area contributed by atoms with E-state index in [1.54, 1.807) is 12.1 Å². The first-order chi connectivity index (χ1) is 13.2. The van der Waals surface area contributed by atoms with Crippen molar-refractivity contribution in [3.8, 4) is 12.1 Å². The minimum absolute atomic E-state index is 0.655. The van der Waals surface area contributed by atoms with Crippen LogP contribution >= 0.6 is 0 Å². The molecule has 0 atom stereocenters. The molecular formula is C23H18N2O2. The van der Waals surface area contributed by atoms with Gasteiger partial charge in [-0.1, -0.05) is 6.42 Å². The van der Waals surface area contributed by atoms with Gasteiger partial charge in [0.1, 0.15) is 22.7 Å². The Morgan fingerprint density at radius 1 is 0.630 bits per heavy atom. The van der Waals surface area contributed by atoms with Crippen LogP contribution < -0.4 is 0 Å². The Bertz CT molecular complexity index is 1090. The topological polar surface area (TPSA) is 73.9 Å². The molecule has 4 nitrogen and oxygen atoms in total. The van der Waals surface area contributed by atoms with Crippen molar-refractivity contribution in [1.29, 1.82) is 10.5 Å². The number of nitrogens with zero attached hydrogens (tertiary/aromatic N) is 2. The SMILES string of the molecule is N#Cc1ccc2oc(CCCCCc3cc4cc(C#N)ccc4o3)cc2c1. The molecule has 4 aromatic rings. The number of hydrogen-bond acceptors (Lipinski definition) is 4. The van der Waals surface area contributed by atoms with Gasteiger partial charge < -0.3 is 8.83 Å². The van der Waals surface area contributed by atoms with Crippen LogP contribution in [0.1, 0.15) is 41.9 Å². The van der Waals surface area contributed by atoms with Crippen molar-refractivity contribution in [1.82, 2.24) is 0 Å². The van der Waals surface area contributed by atoms with Crippen LogP contribution in [0.3, 0.4) is 0 Å². The van der Waals surface area contributed by atoms with Crippen molar-refractivity contribution in [2.24, 2.45) is 0 Å². The number of aryl methyl sites for hydroxylation is 2. The van der Waals surface area contributed by atoms with E-state index in [4.69, 9.17) is 19.4 Å². The second kappa shape index (κ2) is 7.40. The molecule has 0 fully saturated rings. The van der Waals surface area contributed by atoms with Gasteiger partial charge in [-0.3, -0.25) is 0 Å². The van der Waals surface area contributed by atoms with Gasteiger partial charge in [0.25, 0.3) is 0 Å². The number of unbranched alkanes of at least 4 members (excludes halogenated alkanes) is 2. The van der Waals surface area contributed by atoms with Gasteiger partial charge >= 0.3 is 0 Å². The Labute approximate surface area is 157 Å². The maximum atomic E-state index is 8.97. The van der Waals surface area contributed by atoms with E-state index >= 15 is 0 Å². The predicted octanol–water partition coefficient (Wildman–Crippen LogP) is 5.88. The fourth-order valence-electron chi connectivity index (χ4n) is 3.36. The van der Waals surface area contributed by atoms with Gasteiger partial charge in [-0.15, -0.1) is 0 Å². The largest absolute Gasteiger partial charge is 0.461 e. The molecule has 27 heavy (non-hydrogen) atoms. The Kier molecular flexibility index (Phi) is 4.64. The van der Waals surface area contributed by atoms with Crippen LogP contribution in [0.4, 0.5) is 0 Å². The van der Waals surface area contributed by atoms with E-state index in [1.807, 2.05) is 36.4 Å². The molecule has 0 bridgehead atoms. The summed E-state index contributed by atoms with van der Waals surface area (Å²) in [4.78, 5) is 0. The lowest BCUT2D eigenvalue weighted by Gasteiger charge is -1.98. The van der Waals surface area contributed by atoms with E-state index in [9.17, 15) is 0 Å². The van der Waals surface area contributed by atoms with Gasteiger partial charge in [0.15, 0.2) is 0 Å². The van der Waals surface area contributed by atoms with Crippen molar-refractivity contribution in [2.75, 3.05) is 0 Å². The Morgan fingerprint density at radius 3 is 1.56 bits per heavy atom. The number of hydrogen-bond donors (Lipinski definition) is 0. The maximum Gasteiger partial charge on any atom is 0.134 e. The number of furan rings is 2. The Morgan fingerprint density at radius 2 is 1.11 bits per heavy atom. The van der Waals surface area contributed by atoms with E-state index in [1.165, 1.54) is 0 Å². The zero-order valence-corrected chi connectivity index (χ0v) is 14.9. The van der Waals surface area contributed by atoms with Crippen LogP contribution in [0.25, 0.3) is 21.9 Å². The zero-order chi connectivity index (χ0) is 18.6. The molecule has 0 aliphatic carbocycles. The molecule has 4 rings (SSSR count). The number of nitriles is 2. The summed E-state index contributed by atoms with van der Waals surface area (Å²) in [7, 11) is 0. The smallest absolute Gasteiger partial charge is 0.134 e. The van der Waals surface area contributed by atoms with E-state index in [-0.39, 0.29) is 0 Å². The lowest BCUT2D eigenvalue weighted by molar-refractivity contribution is 0.509. The van der Waals surface area contributed by atoms with Gasteiger partial charge in [0, 0.05) is 23.6 Å². The fourth-order valence-corrected chi connectivity index (χ4v) is 3.36. The van der Waals surface area contributed by atoms with Gasteiger partial charge in [-0.2, -0.15) is 10.5 Å². The Balaban J connectivity index is 1.29. The third kappa shape index (κ3) is 3.71. The average molecular weight is 354 g/mol. The molecule has 0 aliphatic rings. The van der Waals surface area contributed by atoms with E-state index in [2.05, 4.69) is 12.1 Å². The minimum Gasteiger partial charge on any atom is -0.461 e. The summed E-state index contributed by atoms with van der Waals surface area (Å²) in [5, 5.41) is 19.9. The molecule has 0 amide bonds. The maximum absolute atomic E-state index is 8.97. The standard InChI is InChI=1S/C23H18N2O2/c24-14-16-6-8-22-18(10-16)12-20(26-22)4-2-1-3-5-21-13-19-11-17(15-25)7-9-23(19)27-21/h6-13H,1-5H2. The highest BCUT2D eigenvalue weighted by molar-refractivity contribution is 5.80. The molecule has 2 aromatic carbocycles.